The van der Waals surface area contributed by atoms with E-state index >= 15 is 0 Å². The zero-order valence-corrected chi connectivity index (χ0v) is 11.9. The Labute approximate surface area is 125 Å². The number of fused-ring (bicyclic) bond motifs is 1. The number of pyridine rings is 1. The minimum absolute atomic E-state index is 0.0496. The van der Waals surface area contributed by atoms with Crippen molar-refractivity contribution in [2.45, 2.75) is 6.42 Å². The highest BCUT2D eigenvalue weighted by Gasteiger charge is 2.18. The predicted octanol–water partition coefficient (Wildman–Crippen LogP) is 3.12. The van der Waals surface area contributed by atoms with Crippen LogP contribution >= 0.6 is 11.6 Å². The summed E-state index contributed by atoms with van der Waals surface area (Å²) in [4.78, 5) is 19.2. The molecule has 0 fully saturated rings. The van der Waals surface area contributed by atoms with Gasteiger partial charge in [-0.3, -0.25) is 10.1 Å². The van der Waals surface area contributed by atoms with Gasteiger partial charge in [0.1, 0.15) is 16.7 Å². The highest BCUT2D eigenvalue weighted by molar-refractivity contribution is 6.29. The highest BCUT2D eigenvalue weighted by atomic mass is 35.5. The fourth-order valence-electron chi connectivity index (χ4n) is 2.27. The molecule has 6 nitrogen and oxygen atoms in total. The van der Waals surface area contributed by atoms with Crippen LogP contribution in [-0.4, -0.2) is 19.5 Å². The minimum atomic E-state index is -0.457. The summed E-state index contributed by atoms with van der Waals surface area (Å²) in [7, 11) is 1.88. The molecule has 0 unspecified atom stereocenters. The maximum Gasteiger partial charge on any atom is 0.291 e. The van der Waals surface area contributed by atoms with Gasteiger partial charge in [-0.25, -0.2) is 9.97 Å². The Kier molecular flexibility index (Phi) is 3.31. The number of aryl methyl sites for hydroxylation is 1. The molecule has 106 valence electrons. The van der Waals surface area contributed by atoms with E-state index in [4.69, 9.17) is 11.6 Å². The molecule has 0 spiro atoms. The number of para-hydroxylation sites is 2. The zero-order chi connectivity index (χ0) is 15.0. The molecule has 0 aliphatic rings. The van der Waals surface area contributed by atoms with Crippen molar-refractivity contribution >= 4 is 28.3 Å². The summed E-state index contributed by atoms with van der Waals surface area (Å²) >= 11 is 5.85. The third-order valence-electron chi connectivity index (χ3n) is 3.32. The molecule has 0 bridgehead atoms. The average molecular weight is 303 g/mol. The molecule has 0 amide bonds. The normalized spacial score (nSPS) is 11.0. The van der Waals surface area contributed by atoms with Crippen LogP contribution in [0.3, 0.4) is 0 Å². The van der Waals surface area contributed by atoms with E-state index in [2.05, 4.69) is 9.97 Å². The van der Waals surface area contributed by atoms with E-state index in [0.717, 1.165) is 11.0 Å². The first-order valence-electron chi connectivity index (χ1n) is 6.26. The van der Waals surface area contributed by atoms with Crippen LogP contribution in [0.2, 0.25) is 5.15 Å². The Hall–Kier alpha value is -2.47. The summed E-state index contributed by atoms with van der Waals surface area (Å²) in [6.07, 6.45) is 0.252. The standard InChI is InChI=1S/C14H11ClN4O2/c1-18-11-5-3-2-4-9(11)17-14(18)8-10-12(19(20)21)6-7-13(15)16-10/h2-7H,8H2,1H3. The van der Waals surface area contributed by atoms with E-state index in [9.17, 15) is 10.1 Å². The molecular weight excluding hydrogens is 292 g/mol. The van der Waals surface area contributed by atoms with E-state index in [-0.39, 0.29) is 17.3 Å². The summed E-state index contributed by atoms with van der Waals surface area (Å²) < 4.78 is 1.90. The molecule has 3 aromatic rings. The van der Waals surface area contributed by atoms with Gasteiger partial charge < -0.3 is 4.57 Å². The average Bonchev–Trinajstić information content (AvgIpc) is 2.76. The van der Waals surface area contributed by atoms with Crippen molar-refractivity contribution in [1.82, 2.24) is 14.5 Å². The molecule has 7 heteroatoms. The summed E-state index contributed by atoms with van der Waals surface area (Å²) in [6.45, 7) is 0. The number of halogens is 1. The number of imidazole rings is 1. The maximum absolute atomic E-state index is 11.1. The van der Waals surface area contributed by atoms with Crippen molar-refractivity contribution < 1.29 is 4.92 Å². The Balaban J connectivity index is 2.08. The van der Waals surface area contributed by atoms with Crippen LogP contribution in [0, 0.1) is 10.1 Å². The lowest BCUT2D eigenvalue weighted by Crippen LogP contribution is -2.04. The minimum Gasteiger partial charge on any atom is -0.331 e. The summed E-state index contributed by atoms with van der Waals surface area (Å²) in [5.74, 6) is 0.703. The Bertz CT molecular complexity index is 844. The maximum atomic E-state index is 11.1. The van der Waals surface area contributed by atoms with Crippen LogP contribution in [-0.2, 0) is 13.5 Å². The Morgan fingerprint density at radius 1 is 1.24 bits per heavy atom. The molecule has 0 N–H and O–H groups in total. The lowest BCUT2D eigenvalue weighted by Gasteiger charge is -2.03. The van der Waals surface area contributed by atoms with Gasteiger partial charge in [-0.15, -0.1) is 0 Å². The van der Waals surface area contributed by atoms with Crippen molar-refractivity contribution in [2.24, 2.45) is 7.05 Å². The SMILES string of the molecule is Cn1c(Cc2nc(Cl)ccc2[N+](=O)[O-])nc2ccccc21. The van der Waals surface area contributed by atoms with E-state index < -0.39 is 4.92 Å². The van der Waals surface area contributed by atoms with E-state index in [1.54, 1.807) is 0 Å². The zero-order valence-electron chi connectivity index (χ0n) is 11.2. The molecule has 0 aliphatic heterocycles. The first-order chi connectivity index (χ1) is 10.1. The number of benzene rings is 1. The molecule has 2 heterocycles. The number of rotatable bonds is 3. The van der Waals surface area contributed by atoms with Crippen LogP contribution in [0.15, 0.2) is 36.4 Å². The second-order valence-corrected chi connectivity index (χ2v) is 5.00. The summed E-state index contributed by atoms with van der Waals surface area (Å²) in [5, 5.41) is 11.3. The quantitative estimate of drug-likeness (QED) is 0.423. The molecule has 0 atom stereocenters. The predicted molar refractivity (Wildman–Crippen MR) is 79.4 cm³/mol. The van der Waals surface area contributed by atoms with Gasteiger partial charge in [0, 0.05) is 13.1 Å². The second-order valence-electron chi connectivity index (χ2n) is 4.61. The third kappa shape index (κ3) is 2.45. The van der Waals surface area contributed by atoms with E-state index in [1.165, 1.54) is 12.1 Å². The smallest absolute Gasteiger partial charge is 0.291 e. The van der Waals surface area contributed by atoms with Crippen molar-refractivity contribution in [3.05, 3.63) is 63.2 Å². The molecule has 0 saturated carbocycles. The van der Waals surface area contributed by atoms with Gasteiger partial charge in [0.2, 0.25) is 0 Å². The van der Waals surface area contributed by atoms with E-state index in [0.29, 0.717) is 11.5 Å². The monoisotopic (exact) mass is 302 g/mol. The van der Waals surface area contributed by atoms with Crippen LogP contribution < -0.4 is 0 Å². The molecule has 3 rings (SSSR count). The lowest BCUT2D eigenvalue weighted by atomic mass is 10.2. The van der Waals surface area contributed by atoms with Crippen molar-refractivity contribution in [1.29, 1.82) is 0 Å². The fraction of sp³-hybridized carbons (Fsp3) is 0.143. The first-order valence-corrected chi connectivity index (χ1v) is 6.64. The van der Waals surface area contributed by atoms with Crippen molar-refractivity contribution in [3.63, 3.8) is 0 Å². The van der Waals surface area contributed by atoms with Gasteiger partial charge in [-0.1, -0.05) is 23.7 Å². The van der Waals surface area contributed by atoms with Gasteiger partial charge in [-0.05, 0) is 18.2 Å². The van der Waals surface area contributed by atoms with Gasteiger partial charge in [-0.2, -0.15) is 0 Å². The van der Waals surface area contributed by atoms with Crippen molar-refractivity contribution in [2.75, 3.05) is 0 Å². The topological polar surface area (TPSA) is 73.8 Å². The molecule has 1 aromatic carbocycles. The van der Waals surface area contributed by atoms with Gasteiger partial charge in [0.15, 0.2) is 0 Å². The van der Waals surface area contributed by atoms with E-state index in [1.807, 2.05) is 35.9 Å². The molecule has 0 radical (unpaired) electrons. The van der Waals surface area contributed by atoms with Crippen LogP contribution in [0.25, 0.3) is 11.0 Å². The number of hydrogen-bond donors (Lipinski definition) is 0. The molecular formula is C14H11ClN4O2. The lowest BCUT2D eigenvalue weighted by molar-refractivity contribution is -0.385. The number of nitro groups is 1. The number of hydrogen-bond acceptors (Lipinski definition) is 4. The summed E-state index contributed by atoms with van der Waals surface area (Å²) in [6, 6.07) is 10.5. The summed E-state index contributed by atoms with van der Waals surface area (Å²) in [5.41, 5.74) is 2.08. The van der Waals surface area contributed by atoms with Crippen LogP contribution in [0.5, 0.6) is 0 Å². The number of aromatic nitrogens is 3. The molecule has 0 aliphatic carbocycles. The molecule has 2 aromatic heterocycles. The first kappa shape index (κ1) is 13.5. The second kappa shape index (κ2) is 5.14. The largest absolute Gasteiger partial charge is 0.331 e. The highest BCUT2D eigenvalue weighted by Crippen LogP contribution is 2.23. The van der Waals surface area contributed by atoms with Crippen molar-refractivity contribution in [3.8, 4) is 0 Å². The third-order valence-corrected chi connectivity index (χ3v) is 3.53. The Morgan fingerprint density at radius 2 is 2.00 bits per heavy atom. The van der Waals surface area contributed by atoms with Crippen LogP contribution in [0.1, 0.15) is 11.5 Å². The van der Waals surface area contributed by atoms with Gasteiger partial charge in [0.05, 0.1) is 22.4 Å². The molecule has 0 saturated heterocycles. The molecule has 21 heavy (non-hydrogen) atoms. The fourth-order valence-corrected chi connectivity index (χ4v) is 2.43. The number of nitrogens with zero attached hydrogens (tertiary/aromatic N) is 4. The Morgan fingerprint density at radius 3 is 2.71 bits per heavy atom. The van der Waals surface area contributed by atoms with Gasteiger partial charge in [0.25, 0.3) is 5.69 Å². The van der Waals surface area contributed by atoms with Gasteiger partial charge >= 0.3 is 0 Å². The van der Waals surface area contributed by atoms with Crippen LogP contribution in [0.4, 0.5) is 5.69 Å².